The quantitative estimate of drug-likeness (QED) is 0.408. The average molecular weight is 290 g/mol. The van der Waals surface area contributed by atoms with Gasteiger partial charge in [-0.3, -0.25) is 0 Å². The van der Waals surface area contributed by atoms with Crippen molar-refractivity contribution in [2.75, 3.05) is 0 Å². The number of hydrogen-bond acceptors (Lipinski definition) is 4. The second kappa shape index (κ2) is 5.71. The Balaban J connectivity index is 2.64. The van der Waals surface area contributed by atoms with E-state index < -0.39 is 5.97 Å². The third-order valence-electron chi connectivity index (χ3n) is 3.41. The maximum atomic E-state index is 10.9. The van der Waals surface area contributed by atoms with Gasteiger partial charge in [-0.1, -0.05) is 11.2 Å². The highest BCUT2D eigenvalue weighted by atomic mass is 32.1. The van der Waals surface area contributed by atoms with E-state index in [2.05, 4.69) is 40.6 Å². The minimum absolute atomic E-state index is 0.418. The molecule has 0 spiro atoms. The summed E-state index contributed by atoms with van der Waals surface area (Å²) < 4.78 is 2.11. The predicted molar refractivity (Wildman–Crippen MR) is 84.3 cm³/mol. The van der Waals surface area contributed by atoms with Crippen LogP contribution in [0.15, 0.2) is 23.4 Å². The van der Waals surface area contributed by atoms with Gasteiger partial charge in [-0.05, 0) is 31.5 Å². The highest BCUT2D eigenvalue weighted by molar-refractivity contribution is 7.79. The summed E-state index contributed by atoms with van der Waals surface area (Å²) in [4.78, 5) is 15.6. The molecule has 0 atom stereocenters. The van der Waals surface area contributed by atoms with Gasteiger partial charge in [0.15, 0.2) is 0 Å². The number of carbonyl (C=O) groups is 1. The number of aryl methyl sites for hydroxylation is 1. The van der Waals surface area contributed by atoms with Gasteiger partial charge in [0.05, 0.1) is 5.71 Å². The minimum Gasteiger partial charge on any atom is -0.347 e. The Hall–Kier alpha value is -1.75. The zero-order valence-corrected chi connectivity index (χ0v) is 13.0. The van der Waals surface area contributed by atoms with Gasteiger partial charge < -0.3 is 9.40 Å². The molecule has 0 unspecified atom stereocenters. The number of fused-ring (bicyclic) bond motifs is 1. The molecule has 2 rings (SSSR count). The summed E-state index contributed by atoms with van der Waals surface area (Å²) in [5.74, 6) is 0.266. The van der Waals surface area contributed by atoms with Crippen molar-refractivity contribution in [1.82, 2.24) is 4.57 Å². The number of hydrogen-bond donors (Lipinski definition) is 1. The van der Waals surface area contributed by atoms with Crippen molar-refractivity contribution in [3.63, 3.8) is 0 Å². The highest BCUT2D eigenvalue weighted by Gasteiger charge is 2.15. The Morgan fingerprint density at radius 2 is 2.10 bits per heavy atom. The molecule has 0 N–H and O–H groups in total. The molecule has 0 aliphatic carbocycles. The zero-order valence-electron chi connectivity index (χ0n) is 12.1. The van der Waals surface area contributed by atoms with Crippen LogP contribution in [0.1, 0.15) is 30.7 Å². The lowest BCUT2D eigenvalue weighted by Gasteiger charge is -2.02. The maximum Gasteiger partial charge on any atom is 0.331 e. The van der Waals surface area contributed by atoms with Gasteiger partial charge in [-0.25, -0.2) is 4.79 Å². The van der Waals surface area contributed by atoms with Crippen LogP contribution in [0.5, 0.6) is 0 Å². The van der Waals surface area contributed by atoms with Crippen LogP contribution in [0.2, 0.25) is 0 Å². The molecule has 1 heterocycles. The van der Waals surface area contributed by atoms with Crippen LogP contribution in [-0.4, -0.2) is 16.2 Å². The zero-order chi connectivity index (χ0) is 14.9. The fourth-order valence-electron chi connectivity index (χ4n) is 2.35. The monoisotopic (exact) mass is 290 g/mol. The normalized spacial score (nSPS) is 11.9. The summed E-state index contributed by atoms with van der Waals surface area (Å²) in [6, 6.07) is 6.26. The van der Waals surface area contributed by atoms with E-state index in [-0.39, 0.29) is 0 Å². The van der Waals surface area contributed by atoms with Crippen molar-refractivity contribution in [1.29, 1.82) is 0 Å². The van der Waals surface area contributed by atoms with Crippen molar-refractivity contribution < 1.29 is 9.63 Å². The molecule has 0 fully saturated rings. The van der Waals surface area contributed by atoms with Gasteiger partial charge in [-0.2, -0.15) is 12.6 Å². The lowest BCUT2D eigenvalue weighted by atomic mass is 10.1. The summed E-state index contributed by atoms with van der Waals surface area (Å²) >= 11 is 4.32. The molecular weight excluding hydrogens is 272 g/mol. The molecule has 20 heavy (non-hydrogen) atoms. The van der Waals surface area contributed by atoms with E-state index in [4.69, 9.17) is 4.84 Å². The summed E-state index contributed by atoms with van der Waals surface area (Å²) in [7, 11) is 2.01. The van der Waals surface area contributed by atoms with E-state index in [9.17, 15) is 4.79 Å². The van der Waals surface area contributed by atoms with Crippen molar-refractivity contribution in [3.8, 4) is 0 Å². The first-order valence-corrected chi connectivity index (χ1v) is 7.00. The topological polar surface area (TPSA) is 43.6 Å². The molecule has 0 saturated carbocycles. The van der Waals surface area contributed by atoms with E-state index in [1.165, 1.54) is 6.92 Å². The number of rotatable bonds is 3. The minimum atomic E-state index is -0.418. The van der Waals surface area contributed by atoms with Gasteiger partial charge in [-0.15, -0.1) is 0 Å². The fraction of sp³-hybridized carbons (Fsp3) is 0.333. The van der Waals surface area contributed by atoms with Gasteiger partial charge >= 0.3 is 5.97 Å². The first-order chi connectivity index (χ1) is 9.45. The molecule has 5 heteroatoms. The highest BCUT2D eigenvalue weighted by Crippen LogP contribution is 2.27. The van der Waals surface area contributed by atoms with Crippen LogP contribution in [0.3, 0.4) is 0 Å². The van der Waals surface area contributed by atoms with E-state index in [0.717, 1.165) is 27.7 Å². The predicted octanol–water partition coefficient (Wildman–Crippen LogP) is 3.20. The molecule has 4 nitrogen and oxygen atoms in total. The van der Waals surface area contributed by atoms with Crippen molar-refractivity contribution in [2.45, 2.75) is 26.5 Å². The maximum absolute atomic E-state index is 10.9. The first kappa shape index (κ1) is 14.7. The summed E-state index contributed by atoms with van der Waals surface area (Å²) in [5, 5.41) is 5.01. The Morgan fingerprint density at radius 3 is 2.70 bits per heavy atom. The Bertz CT molecular complexity index is 701. The summed E-state index contributed by atoms with van der Waals surface area (Å²) in [5.41, 5.74) is 5.06. The fourth-order valence-corrected chi connectivity index (χ4v) is 2.55. The largest absolute Gasteiger partial charge is 0.347 e. The van der Waals surface area contributed by atoms with Gasteiger partial charge in [0.2, 0.25) is 0 Å². The van der Waals surface area contributed by atoms with Crippen LogP contribution in [0, 0.1) is 6.92 Å². The van der Waals surface area contributed by atoms with Gasteiger partial charge in [0.1, 0.15) is 0 Å². The molecule has 0 aliphatic heterocycles. The van der Waals surface area contributed by atoms with Crippen LogP contribution >= 0.6 is 12.6 Å². The third-order valence-corrected chi connectivity index (χ3v) is 3.78. The first-order valence-electron chi connectivity index (χ1n) is 6.37. The molecule has 0 aliphatic rings. The molecule has 1 aromatic carbocycles. The molecule has 0 radical (unpaired) electrons. The molecule has 0 amide bonds. The number of thiol groups is 1. The summed E-state index contributed by atoms with van der Waals surface area (Å²) in [6.07, 6.45) is 0. The molecule has 106 valence electrons. The SMILES string of the molecule is CC(=O)O/N=C(\C)c1c(C)n(C)c2ccc(CS)cc12. The Kier molecular flexibility index (Phi) is 4.18. The number of benzene rings is 1. The van der Waals surface area contributed by atoms with Crippen LogP contribution in [-0.2, 0) is 22.4 Å². The molecule has 0 bridgehead atoms. The van der Waals surface area contributed by atoms with Gasteiger partial charge in [0.25, 0.3) is 0 Å². The number of carbonyl (C=O) groups excluding carboxylic acids is 1. The van der Waals surface area contributed by atoms with Crippen LogP contribution in [0.25, 0.3) is 10.9 Å². The standard InChI is InChI=1S/C15H18N2O2S/c1-9(16-19-11(3)18)15-10(2)17(4)14-6-5-12(8-20)7-13(14)15/h5-7,20H,8H2,1-4H3/b16-9+. The smallest absolute Gasteiger partial charge is 0.331 e. The second-order valence-corrected chi connectivity index (χ2v) is 5.10. The molecule has 1 aromatic heterocycles. The van der Waals surface area contributed by atoms with Crippen molar-refractivity contribution in [2.24, 2.45) is 12.2 Å². The summed E-state index contributed by atoms with van der Waals surface area (Å²) in [6.45, 7) is 5.21. The lowest BCUT2D eigenvalue weighted by Crippen LogP contribution is -2.01. The van der Waals surface area contributed by atoms with E-state index in [0.29, 0.717) is 11.5 Å². The second-order valence-electron chi connectivity index (χ2n) is 4.79. The Morgan fingerprint density at radius 1 is 1.40 bits per heavy atom. The average Bonchev–Trinajstić information content (AvgIpc) is 2.68. The van der Waals surface area contributed by atoms with Gasteiger partial charge in [0, 0.05) is 41.9 Å². The van der Waals surface area contributed by atoms with E-state index >= 15 is 0 Å². The molecular formula is C15H18N2O2S. The number of nitrogens with zero attached hydrogens (tertiary/aromatic N) is 2. The van der Waals surface area contributed by atoms with Crippen molar-refractivity contribution >= 4 is 35.2 Å². The number of aromatic nitrogens is 1. The molecule has 2 aromatic rings. The van der Waals surface area contributed by atoms with Crippen LogP contribution < -0.4 is 0 Å². The van der Waals surface area contributed by atoms with Crippen LogP contribution in [0.4, 0.5) is 0 Å². The third kappa shape index (κ3) is 2.58. The number of oxime groups is 1. The van der Waals surface area contributed by atoms with E-state index in [1.54, 1.807) is 0 Å². The molecule has 0 saturated heterocycles. The van der Waals surface area contributed by atoms with Crippen molar-refractivity contribution in [3.05, 3.63) is 35.0 Å². The van der Waals surface area contributed by atoms with E-state index in [1.807, 2.05) is 20.9 Å². The lowest BCUT2D eigenvalue weighted by molar-refractivity contribution is -0.140. The Labute approximate surface area is 123 Å².